The van der Waals surface area contributed by atoms with Crippen LogP contribution in [0.15, 0.2) is 141 Å². The number of nitrogens with zero attached hydrogens (tertiary/aromatic N) is 4. The Labute approximate surface area is 240 Å². The van der Waals surface area contributed by atoms with Crippen molar-refractivity contribution in [2.45, 2.75) is 6.92 Å². The number of fused-ring (bicyclic) bond motifs is 1. The fraction of sp³-hybridized carbons (Fsp3) is 0.0270. The minimum absolute atomic E-state index is 0.554. The molecule has 6 rings (SSSR count). The molecule has 0 aliphatic rings. The lowest BCUT2D eigenvalue weighted by Gasteiger charge is -2.11. The molecule has 0 amide bonds. The first-order valence-corrected chi connectivity index (χ1v) is 13.5. The number of hydrogen-bond donors (Lipinski definition) is 0. The molecule has 41 heavy (non-hydrogen) atoms. The lowest BCUT2D eigenvalue weighted by atomic mass is 9.97. The summed E-state index contributed by atoms with van der Waals surface area (Å²) in [5, 5.41) is 1.14. The predicted octanol–water partition coefficient (Wildman–Crippen LogP) is 9.15. The summed E-state index contributed by atoms with van der Waals surface area (Å²) >= 11 is 0. The average molecular weight is 529 g/mol. The third-order valence-electron chi connectivity index (χ3n) is 7.01. The summed E-state index contributed by atoms with van der Waals surface area (Å²) in [6.07, 6.45) is 5.30. The highest BCUT2D eigenvalue weighted by atomic mass is 15.0. The van der Waals surface area contributed by atoms with Gasteiger partial charge in [-0.05, 0) is 41.8 Å². The average Bonchev–Trinajstić information content (AvgIpc) is 3.03. The number of allylic oxidation sites excluding steroid dienone is 4. The highest BCUT2D eigenvalue weighted by Gasteiger charge is 2.13. The maximum Gasteiger partial charge on any atom is 0.164 e. The van der Waals surface area contributed by atoms with Crippen LogP contribution in [0.5, 0.6) is 0 Å². The van der Waals surface area contributed by atoms with E-state index >= 15 is 0 Å². The van der Waals surface area contributed by atoms with Gasteiger partial charge in [-0.3, -0.25) is 4.98 Å². The van der Waals surface area contributed by atoms with Gasteiger partial charge < -0.3 is 0 Å². The zero-order valence-electron chi connectivity index (χ0n) is 22.8. The van der Waals surface area contributed by atoms with Crippen LogP contribution in [-0.4, -0.2) is 19.9 Å². The zero-order valence-corrected chi connectivity index (χ0v) is 22.8. The number of aryl methyl sites for hydroxylation is 1. The Balaban J connectivity index is 1.38. The largest absolute Gasteiger partial charge is 0.252 e. The van der Waals surface area contributed by atoms with Crippen LogP contribution in [0.4, 0.5) is 0 Å². The maximum atomic E-state index is 4.86. The predicted molar refractivity (Wildman–Crippen MR) is 170 cm³/mol. The molecule has 6 aromatic rings. The number of benzene rings is 4. The number of para-hydroxylation sites is 1. The van der Waals surface area contributed by atoms with Gasteiger partial charge in [0, 0.05) is 33.3 Å². The van der Waals surface area contributed by atoms with E-state index < -0.39 is 0 Å². The van der Waals surface area contributed by atoms with Crippen molar-refractivity contribution >= 4 is 16.5 Å². The molecule has 0 saturated heterocycles. The minimum atomic E-state index is 0.554. The highest BCUT2D eigenvalue weighted by molar-refractivity contribution is 5.85. The molecule has 196 valence electrons. The SMILES string of the molecule is C=C/C=C(\C=C)c1nc(-c2ccccc2)nc(-c2cccc(-c3ccc(-c4cc5ccccc5nc4C)cc3)c2)n1. The Hall–Kier alpha value is -5.48. The molecule has 0 aliphatic heterocycles. The molecular formula is C37H28N4. The van der Waals surface area contributed by atoms with Crippen LogP contribution >= 0.6 is 0 Å². The molecule has 0 atom stereocenters. The van der Waals surface area contributed by atoms with E-state index in [-0.39, 0.29) is 0 Å². The van der Waals surface area contributed by atoms with E-state index in [0.29, 0.717) is 17.5 Å². The van der Waals surface area contributed by atoms with Gasteiger partial charge in [-0.1, -0.05) is 122 Å². The normalized spacial score (nSPS) is 11.4. The van der Waals surface area contributed by atoms with Crippen LogP contribution in [0.2, 0.25) is 0 Å². The highest BCUT2D eigenvalue weighted by Crippen LogP contribution is 2.31. The van der Waals surface area contributed by atoms with Gasteiger partial charge in [-0.15, -0.1) is 0 Å². The summed E-state index contributed by atoms with van der Waals surface area (Å²) in [5.74, 6) is 1.76. The third kappa shape index (κ3) is 5.36. The van der Waals surface area contributed by atoms with Gasteiger partial charge in [0.1, 0.15) is 0 Å². The summed E-state index contributed by atoms with van der Waals surface area (Å²) in [4.78, 5) is 19.2. The minimum Gasteiger partial charge on any atom is -0.252 e. The van der Waals surface area contributed by atoms with Crippen molar-refractivity contribution in [2.24, 2.45) is 0 Å². The van der Waals surface area contributed by atoms with Crippen LogP contribution in [0.3, 0.4) is 0 Å². The Kier molecular flexibility index (Phi) is 7.12. The van der Waals surface area contributed by atoms with E-state index in [4.69, 9.17) is 19.9 Å². The van der Waals surface area contributed by atoms with Crippen LogP contribution in [-0.2, 0) is 0 Å². The van der Waals surface area contributed by atoms with Crippen molar-refractivity contribution in [1.29, 1.82) is 0 Å². The Bertz CT molecular complexity index is 1920. The first-order chi connectivity index (χ1) is 20.1. The summed E-state index contributed by atoms with van der Waals surface area (Å²) < 4.78 is 0. The molecule has 4 nitrogen and oxygen atoms in total. The van der Waals surface area contributed by atoms with Gasteiger partial charge >= 0.3 is 0 Å². The summed E-state index contributed by atoms with van der Waals surface area (Å²) in [5.41, 5.74) is 9.11. The van der Waals surface area contributed by atoms with Crippen LogP contribution in [0, 0.1) is 6.92 Å². The summed E-state index contributed by atoms with van der Waals surface area (Å²) in [6, 6.07) is 37.3. The molecule has 2 aromatic heterocycles. The smallest absolute Gasteiger partial charge is 0.164 e. The van der Waals surface area contributed by atoms with Crippen molar-refractivity contribution in [2.75, 3.05) is 0 Å². The molecular weight excluding hydrogens is 500 g/mol. The van der Waals surface area contributed by atoms with Gasteiger partial charge in [0.05, 0.1) is 5.52 Å². The third-order valence-corrected chi connectivity index (χ3v) is 7.01. The van der Waals surface area contributed by atoms with Crippen molar-refractivity contribution in [3.8, 4) is 45.0 Å². The Morgan fingerprint density at radius 2 is 1.24 bits per heavy atom. The molecule has 0 spiro atoms. The van der Waals surface area contributed by atoms with E-state index in [1.165, 1.54) is 0 Å². The zero-order chi connectivity index (χ0) is 28.2. The molecule has 0 bridgehead atoms. The first-order valence-electron chi connectivity index (χ1n) is 13.5. The van der Waals surface area contributed by atoms with Gasteiger partial charge in [0.15, 0.2) is 17.5 Å². The number of rotatable bonds is 7. The molecule has 0 radical (unpaired) electrons. The second kappa shape index (κ2) is 11.3. The van der Waals surface area contributed by atoms with E-state index in [1.807, 2.05) is 60.7 Å². The topological polar surface area (TPSA) is 51.6 Å². The number of hydrogen-bond acceptors (Lipinski definition) is 4. The summed E-state index contributed by atoms with van der Waals surface area (Å²) in [6.45, 7) is 9.83. The van der Waals surface area contributed by atoms with Gasteiger partial charge in [0.2, 0.25) is 0 Å². The van der Waals surface area contributed by atoms with Crippen molar-refractivity contribution in [1.82, 2.24) is 19.9 Å². The second-order valence-corrected chi connectivity index (χ2v) is 9.71. The molecule has 0 unspecified atom stereocenters. The standard InChI is InChI=1S/C37H28N4/c1-4-12-26(5-2)35-39-36(29-13-7-6-8-14-29)41-37(40-35)32-17-11-16-30(23-32)27-19-21-28(22-20-27)33-24-31-15-9-10-18-34(31)38-25(33)3/h4-24H,1-2H2,3H3/b26-12+. The molecule has 0 N–H and O–H groups in total. The molecule has 0 fully saturated rings. The quantitative estimate of drug-likeness (QED) is 0.194. The lowest BCUT2D eigenvalue weighted by molar-refractivity contribution is 1.04. The molecule has 0 aliphatic carbocycles. The fourth-order valence-corrected chi connectivity index (χ4v) is 4.90. The van der Waals surface area contributed by atoms with Gasteiger partial charge in [-0.25, -0.2) is 15.0 Å². The van der Waals surface area contributed by atoms with Crippen LogP contribution in [0.1, 0.15) is 11.5 Å². The number of aromatic nitrogens is 4. The van der Waals surface area contributed by atoms with Crippen molar-refractivity contribution in [3.63, 3.8) is 0 Å². The van der Waals surface area contributed by atoms with E-state index in [1.54, 1.807) is 12.2 Å². The van der Waals surface area contributed by atoms with Crippen molar-refractivity contribution < 1.29 is 0 Å². The van der Waals surface area contributed by atoms with Gasteiger partial charge in [-0.2, -0.15) is 0 Å². The van der Waals surface area contributed by atoms with E-state index in [2.05, 4.69) is 74.7 Å². The first kappa shape index (κ1) is 25.8. The maximum absolute atomic E-state index is 4.86. The fourth-order valence-electron chi connectivity index (χ4n) is 4.90. The second-order valence-electron chi connectivity index (χ2n) is 9.71. The Morgan fingerprint density at radius 1 is 0.585 bits per heavy atom. The van der Waals surface area contributed by atoms with E-state index in [9.17, 15) is 0 Å². The summed E-state index contributed by atoms with van der Waals surface area (Å²) in [7, 11) is 0. The molecule has 4 aromatic carbocycles. The van der Waals surface area contributed by atoms with Crippen LogP contribution < -0.4 is 0 Å². The molecule has 0 saturated carbocycles. The van der Waals surface area contributed by atoms with Crippen molar-refractivity contribution in [3.05, 3.63) is 152 Å². The molecule has 2 heterocycles. The van der Waals surface area contributed by atoms with Gasteiger partial charge in [0.25, 0.3) is 0 Å². The number of pyridine rings is 1. The van der Waals surface area contributed by atoms with Crippen LogP contribution in [0.25, 0.3) is 61.5 Å². The monoisotopic (exact) mass is 528 g/mol. The Morgan fingerprint density at radius 3 is 2.00 bits per heavy atom. The lowest BCUT2D eigenvalue weighted by Crippen LogP contribution is -2.02. The van der Waals surface area contributed by atoms with E-state index in [0.717, 1.165) is 55.6 Å². The molecule has 4 heteroatoms.